The van der Waals surface area contributed by atoms with Crippen molar-refractivity contribution in [3.8, 4) is 0 Å². The van der Waals surface area contributed by atoms with Crippen LogP contribution in [-0.4, -0.2) is 33.6 Å². The SMILES string of the molecule is Cc1cc(N)ccc1N=Nc1ccc(S(=O)(=O)CCS(=O)(=O)OO)cc1. The molecule has 0 spiro atoms. The molecule has 0 saturated heterocycles. The van der Waals surface area contributed by atoms with Gasteiger partial charge >= 0.3 is 0 Å². The summed E-state index contributed by atoms with van der Waals surface area (Å²) in [7, 11) is -8.14. The normalized spacial score (nSPS) is 12.5. The molecule has 11 heteroatoms. The summed E-state index contributed by atoms with van der Waals surface area (Å²) >= 11 is 0. The van der Waals surface area contributed by atoms with Crippen molar-refractivity contribution < 1.29 is 26.4 Å². The lowest BCUT2D eigenvalue weighted by Gasteiger charge is -2.04. The summed E-state index contributed by atoms with van der Waals surface area (Å²) in [5, 5.41) is 16.3. The summed E-state index contributed by atoms with van der Waals surface area (Å²) in [6, 6.07) is 10.7. The maximum atomic E-state index is 12.1. The van der Waals surface area contributed by atoms with Gasteiger partial charge in [0.1, 0.15) is 0 Å². The number of anilines is 1. The molecule has 0 heterocycles. The molecule has 2 aromatic rings. The number of nitrogen functional groups attached to an aromatic ring is 1. The van der Waals surface area contributed by atoms with E-state index in [-0.39, 0.29) is 4.90 Å². The van der Waals surface area contributed by atoms with E-state index in [4.69, 9.17) is 11.0 Å². The van der Waals surface area contributed by atoms with Gasteiger partial charge in [0, 0.05) is 5.69 Å². The van der Waals surface area contributed by atoms with Gasteiger partial charge in [-0.3, -0.25) is 0 Å². The van der Waals surface area contributed by atoms with Crippen molar-refractivity contribution in [2.45, 2.75) is 11.8 Å². The molecule has 0 saturated carbocycles. The van der Waals surface area contributed by atoms with Gasteiger partial charge in [0.15, 0.2) is 9.84 Å². The molecule has 2 aromatic carbocycles. The highest BCUT2D eigenvalue weighted by Gasteiger charge is 2.20. The first-order valence-electron chi connectivity index (χ1n) is 7.29. The van der Waals surface area contributed by atoms with Gasteiger partial charge in [-0.1, -0.05) is 0 Å². The minimum absolute atomic E-state index is 0.0757. The number of aryl methyl sites for hydroxylation is 1. The van der Waals surface area contributed by atoms with E-state index < -0.39 is 31.5 Å². The molecule has 0 aliphatic rings. The van der Waals surface area contributed by atoms with Crippen LogP contribution in [0.25, 0.3) is 0 Å². The highest BCUT2D eigenvalue weighted by Crippen LogP contribution is 2.24. The largest absolute Gasteiger partial charge is 0.399 e. The van der Waals surface area contributed by atoms with Gasteiger partial charge in [0.25, 0.3) is 10.1 Å². The third-order valence-electron chi connectivity index (χ3n) is 3.41. The monoisotopic (exact) mass is 399 g/mol. The molecule has 0 aromatic heterocycles. The molecule has 0 atom stereocenters. The Morgan fingerprint density at radius 3 is 2.23 bits per heavy atom. The molecule has 26 heavy (non-hydrogen) atoms. The molecule has 0 unspecified atom stereocenters. The number of azo groups is 1. The quantitative estimate of drug-likeness (QED) is 0.314. The van der Waals surface area contributed by atoms with Gasteiger partial charge in [-0.25, -0.2) is 13.7 Å². The van der Waals surface area contributed by atoms with Crippen molar-refractivity contribution in [1.29, 1.82) is 0 Å². The molecule has 0 aliphatic carbocycles. The van der Waals surface area contributed by atoms with Gasteiger partial charge in [0.2, 0.25) is 0 Å². The fraction of sp³-hybridized carbons (Fsp3) is 0.200. The minimum atomic E-state index is -4.28. The van der Waals surface area contributed by atoms with Crippen molar-refractivity contribution in [2.75, 3.05) is 17.2 Å². The Morgan fingerprint density at radius 2 is 1.65 bits per heavy atom. The molecular weight excluding hydrogens is 382 g/mol. The van der Waals surface area contributed by atoms with Gasteiger partial charge in [0.05, 0.1) is 27.8 Å². The van der Waals surface area contributed by atoms with Crippen LogP contribution in [0.2, 0.25) is 0 Å². The number of rotatable bonds is 7. The average Bonchev–Trinajstić information content (AvgIpc) is 2.60. The first-order chi connectivity index (χ1) is 12.1. The number of hydrogen-bond acceptors (Lipinski definition) is 9. The molecule has 140 valence electrons. The van der Waals surface area contributed by atoms with Crippen LogP contribution in [0.15, 0.2) is 57.6 Å². The van der Waals surface area contributed by atoms with Crippen LogP contribution in [0.4, 0.5) is 17.1 Å². The van der Waals surface area contributed by atoms with Crippen molar-refractivity contribution in [1.82, 2.24) is 0 Å². The first-order valence-corrected chi connectivity index (χ1v) is 10.5. The number of hydrogen-bond donors (Lipinski definition) is 2. The number of benzene rings is 2. The van der Waals surface area contributed by atoms with Gasteiger partial charge in [-0.05, 0) is 55.0 Å². The molecule has 9 nitrogen and oxygen atoms in total. The number of nitrogens with two attached hydrogens (primary N) is 1. The third kappa shape index (κ3) is 5.33. The van der Waals surface area contributed by atoms with Gasteiger partial charge < -0.3 is 5.73 Å². The summed E-state index contributed by atoms with van der Waals surface area (Å²) in [5.41, 5.74) is 8.18. The maximum absolute atomic E-state index is 12.1. The second kappa shape index (κ2) is 7.91. The van der Waals surface area contributed by atoms with Crippen LogP contribution < -0.4 is 5.73 Å². The van der Waals surface area contributed by atoms with Crippen LogP contribution in [0, 0.1) is 6.92 Å². The summed E-state index contributed by atoms with van der Waals surface area (Å²) in [6.45, 7) is 1.84. The third-order valence-corrected chi connectivity index (χ3v) is 6.33. The number of sulfone groups is 1. The summed E-state index contributed by atoms with van der Waals surface area (Å²) in [4.78, 5) is -0.0757. The second-order valence-electron chi connectivity index (χ2n) is 5.40. The standard InChI is InChI=1S/C15H17N3O6S2/c1-11-10-12(16)2-7-15(11)18-17-13-3-5-14(6-4-13)25(20,21)8-9-26(22,23)24-19/h2-7,10,19H,8-9,16H2,1H3. The van der Waals surface area contributed by atoms with E-state index >= 15 is 0 Å². The molecule has 0 fully saturated rings. The van der Waals surface area contributed by atoms with E-state index in [9.17, 15) is 16.8 Å². The zero-order chi connectivity index (χ0) is 19.4. The van der Waals surface area contributed by atoms with E-state index in [1.807, 2.05) is 6.92 Å². The Hall–Kier alpha value is -2.34. The fourth-order valence-corrected chi connectivity index (χ4v) is 4.54. The predicted molar refractivity (Wildman–Crippen MR) is 95.8 cm³/mol. The van der Waals surface area contributed by atoms with Crippen molar-refractivity contribution in [2.24, 2.45) is 10.2 Å². The maximum Gasteiger partial charge on any atom is 0.294 e. The Kier molecular flexibility index (Phi) is 6.08. The topological polar surface area (TPSA) is 148 Å². The zero-order valence-corrected chi connectivity index (χ0v) is 15.4. The van der Waals surface area contributed by atoms with Crippen LogP contribution in [-0.2, 0) is 24.3 Å². The summed E-state index contributed by atoms with van der Waals surface area (Å²) in [6.07, 6.45) is 0. The zero-order valence-electron chi connectivity index (χ0n) is 13.7. The average molecular weight is 399 g/mol. The highest BCUT2D eigenvalue weighted by atomic mass is 32.2. The molecule has 0 radical (unpaired) electrons. The second-order valence-corrected chi connectivity index (χ2v) is 9.18. The van der Waals surface area contributed by atoms with E-state index in [0.717, 1.165) is 5.56 Å². The predicted octanol–water partition coefficient (Wildman–Crippen LogP) is 2.59. The van der Waals surface area contributed by atoms with E-state index in [1.54, 1.807) is 18.2 Å². The Morgan fingerprint density at radius 1 is 1.00 bits per heavy atom. The molecule has 0 bridgehead atoms. The molecule has 2 rings (SSSR count). The van der Waals surface area contributed by atoms with Crippen LogP contribution in [0.1, 0.15) is 5.56 Å². The number of nitrogens with zero attached hydrogens (tertiary/aromatic N) is 2. The van der Waals surface area contributed by atoms with E-state index in [0.29, 0.717) is 17.1 Å². The fourth-order valence-electron chi connectivity index (χ4n) is 1.99. The van der Waals surface area contributed by atoms with Crippen LogP contribution in [0.5, 0.6) is 0 Å². The van der Waals surface area contributed by atoms with Crippen LogP contribution >= 0.6 is 0 Å². The molecular formula is C15H17N3O6S2. The summed E-state index contributed by atoms with van der Waals surface area (Å²) < 4.78 is 49.5. The summed E-state index contributed by atoms with van der Waals surface area (Å²) in [5.74, 6) is -1.58. The minimum Gasteiger partial charge on any atom is -0.399 e. The Labute approximate surface area is 151 Å². The lowest BCUT2D eigenvalue weighted by molar-refractivity contribution is -0.130. The highest BCUT2D eigenvalue weighted by molar-refractivity contribution is 7.93. The van der Waals surface area contributed by atoms with Crippen LogP contribution in [0.3, 0.4) is 0 Å². The smallest absolute Gasteiger partial charge is 0.294 e. The molecule has 3 N–H and O–H groups in total. The lowest BCUT2D eigenvalue weighted by Crippen LogP contribution is -2.18. The molecule has 0 amide bonds. The van der Waals surface area contributed by atoms with Crippen molar-refractivity contribution in [3.63, 3.8) is 0 Å². The van der Waals surface area contributed by atoms with E-state index in [1.165, 1.54) is 24.3 Å². The van der Waals surface area contributed by atoms with E-state index in [2.05, 4.69) is 14.6 Å². The first kappa shape index (κ1) is 20.0. The Balaban J connectivity index is 2.13. The van der Waals surface area contributed by atoms with Crippen molar-refractivity contribution in [3.05, 3.63) is 48.0 Å². The van der Waals surface area contributed by atoms with Gasteiger partial charge in [-0.15, -0.1) is 4.33 Å². The van der Waals surface area contributed by atoms with Crippen molar-refractivity contribution >= 4 is 37.0 Å². The lowest BCUT2D eigenvalue weighted by atomic mass is 10.2. The Bertz CT molecular complexity index is 1020. The van der Waals surface area contributed by atoms with Gasteiger partial charge in [-0.2, -0.15) is 18.6 Å². The molecule has 0 aliphatic heterocycles.